The van der Waals surface area contributed by atoms with Crippen LogP contribution in [0, 0.1) is 0 Å². The maximum atomic E-state index is 5.48. The molecule has 0 spiro atoms. The van der Waals surface area contributed by atoms with E-state index in [1.165, 1.54) is 5.56 Å². The van der Waals surface area contributed by atoms with Crippen molar-refractivity contribution in [2.45, 2.75) is 6.54 Å². The summed E-state index contributed by atoms with van der Waals surface area (Å²) in [5, 5.41) is 6.90. The van der Waals surface area contributed by atoms with E-state index in [0.717, 1.165) is 11.4 Å². The Morgan fingerprint density at radius 3 is 2.71 bits per heavy atom. The fourth-order valence-corrected chi connectivity index (χ4v) is 1.96. The lowest BCUT2D eigenvalue weighted by atomic mass is 10.2. The normalized spacial score (nSPS) is 9.71. The van der Waals surface area contributed by atoms with Crippen LogP contribution in [-0.4, -0.2) is 11.7 Å². The second-order valence-electron chi connectivity index (χ2n) is 4.42. The minimum Gasteiger partial charge on any atom is -0.489 e. The number of anilines is 1. The van der Waals surface area contributed by atoms with E-state index in [9.17, 15) is 0 Å². The van der Waals surface area contributed by atoms with Gasteiger partial charge in [0.15, 0.2) is 5.11 Å². The Labute approximate surface area is 130 Å². The summed E-state index contributed by atoms with van der Waals surface area (Å²) in [6, 6.07) is 17.8. The van der Waals surface area contributed by atoms with Crippen LogP contribution in [0.15, 0.2) is 67.3 Å². The predicted molar refractivity (Wildman–Crippen MR) is 91.6 cm³/mol. The van der Waals surface area contributed by atoms with Gasteiger partial charge in [0.05, 0.1) is 0 Å². The number of benzene rings is 2. The number of hydrogen-bond donors (Lipinski definition) is 2. The van der Waals surface area contributed by atoms with Gasteiger partial charge in [-0.2, -0.15) is 0 Å². The third-order valence-corrected chi connectivity index (χ3v) is 3.00. The van der Waals surface area contributed by atoms with Crippen molar-refractivity contribution in [2.75, 3.05) is 11.9 Å². The van der Waals surface area contributed by atoms with E-state index in [1.54, 1.807) is 6.08 Å². The molecule has 4 heteroatoms. The monoisotopic (exact) mass is 298 g/mol. The van der Waals surface area contributed by atoms with Gasteiger partial charge >= 0.3 is 0 Å². The minimum atomic E-state index is 0.486. The molecule has 0 atom stereocenters. The second kappa shape index (κ2) is 8.07. The van der Waals surface area contributed by atoms with Crippen molar-refractivity contribution in [3.63, 3.8) is 0 Å². The maximum absolute atomic E-state index is 5.48. The van der Waals surface area contributed by atoms with E-state index >= 15 is 0 Å². The number of thiocarbonyl (C=S) groups is 1. The van der Waals surface area contributed by atoms with Gasteiger partial charge in [-0.25, -0.2) is 0 Å². The summed E-state index contributed by atoms with van der Waals surface area (Å²) in [6.45, 7) is 4.81. The smallest absolute Gasteiger partial charge is 0.171 e. The standard InChI is InChI=1S/C17H18N2OS/c1-2-11-20-16-10-6-9-15(12-16)19-17(21)18-13-14-7-4-3-5-8-14/h2-10,12H,1,11,13H2,(H2,18,19,21). The van der Waals surface area contributed by atoms with Crippen LogP contribution in [-0.2, 0) is 6.54 Å². The number of ether oxygens (including phenoxy) is 1. The van der Waals surface area contributed by atoms with Crippen molar-refractivity contribution < 1.29 is 4.74 Å². The van der Waals surface area contributed by atoms with Gasteiger partial charge in [-0.1, -0.05) is 49.1 Å². The summed E-state index contributed by atoms with van der Waals surface area (Å²) in [5.41, 5.74) is 2.08. The first-order valence-corrected chi connectivity index (χ1v) is 7.11. The summed E-state index contributed by atoms with van der Waals surface area (Å²) in [7, 11) is 0. The molecule has 0 unspecified atom stereocenters. The van der Waals surface area contributed by atoms with Crippen molar-refractivity contribution in [3.05, 3.63) is 72.8 Å². The topological polar surface area (TPSA) is 33.3 Å². The van der Waals surface area contributed by atoms with Crippen molar-refractivity contribution in [3.8, 4) is 5.75 Å². The quantitative estimate of drug-likeness (QED) is 0.629. The first-order valence-electron chi connectivity index (χ1n) is 6.70. The molecule has 0 aliphatic rings. The van der Waals surface area contributed by atoms with Crippen molar-refractivity contribution in [2.24, 2.45) is 0 Å². The average Bonchev–Trinajstić information content (AvgIpc) is 2.52. The Balaban J connectivity index is 1.86. The summed E-state index contributed by atoms with van der Waals surface area (Å²) in [6.07, 6.45) is 1.71. The zero-order valence-corrected chi connectivity index (χ0v) is 12.5. The van der Waals surface area contributed by atoms with Gasteiger partial charge in [0.25, 0.3) is 0 Å². The zero-order valence-electron chi connectivity index (χ0n) is 11.7. The first kappa shape index (κ1) is 15.1. The molecule has 21 heavy (non-hydrogen) atoms. The Hall–Kier alpha value is -2.33. The third-order valence-electron chi connectivity index (χ3n) is 2.76. The average molecular weight is 298 g/mol. The second-order valence-corrected chi connectivity index (χ2v) is 4.83. The SMILES string of the molecule is C=CCOc1cccc(NC(=S)NCc2ccccc2)c1. The van der Waals surface area contributed by atoms with E-state index in [-0.39, 0.29) is 0 Å². The molecule has 2 rings (SSSR count). The van der Waals surface area contributed by atoms with E-state index in [1.807, 2.05) is 42.5 Å². The van der Waals surface area contributed by atoms with Crippen LogP contribution in [0.4, 0.5) is 5.69 Å². The van der Waals surface area contributed by atoms with Crippen molar-refractivity contribution >= 4 is 23.0 Å². The number of hydrogen-bond acceptors (Lipinski definition) is 2. The highest BCUT2D eigenvalue weighted by atomic mass is 32.1. The minimum absolute atomic E-state index is 0.486. The van der Waals surface area contributed by atoms with Crippen molar-refractivity contribution in [1.82, 2.24) is 5.32 Å². The van der Waals surface area contributed by atoms with E-state index in [2.05, 4.69) is 29.3 Å². The van der Waals surface area contributed by atoms with Gasteiger partial charge in [-0.3, -0.25) is 0 Å². The lowest BCUT2D eigenvalue weighted by Crippen LogP contribution is -2.27. The summed E-state index contributed by atoms with van der Waals surface area (Å²) >= 11 is 5.29. The lowest BCUT2D eigenvalue weighted by molar-refractivity contribution is 0.363. The molecule has 0 aliphatic carbocycles. The highest BCUT2D eigenvalue weighted by molar-refractivity contribution is 7.80. The molecular formula is C17H18N2OS. The van der Waals surface area contributed by atoms with Gasteiger partial charge in [0, 0.05) is 18.3 Å². The highest BCUT2D eigenvalue weighted by Gasteiger charge is 2.00. The van der Waals surface area contributed by atoms with Crippen LogP contribution in [0.2, 0.25) is 0 Å². The molecule has 0 aromatic heterocycles. The summed E-state index contributed by atoms with van der Waals surface area (Å²) in [5.74, 6) is 0.783. The van der Waals surface area contributed by atoms with E-state index in [4.69, 9.17) is 17.0 Å². The molecule has 0 saturated carbocycles. The number of rotatable bonds is 6. The maximum Gasteiger partial charge on any atom is 0.171 e. The highest BCUT2D eigenvalue weighted by Crippen LogP contribution is 2.17. The van der Waals surface area contributed by atoms with Gasteiger partial charge in [0.2, 0.25) is 0 Å². The molecule has 2 aromatic rings. The third kappa shape index (κ3) is 5.28. The van der Waals surface area contributed by atoms with E-state index in [0.29, 0.717) is 18.3 Å². The van der Waals surface area contributed by atoms with Crippen LogP contribution in [0.25, 0.3) is 0 Å². The van der Waals surface area contributed by atoms with Crippen LogP contribution < -0.4 is 15.4 Å². The molecule has 0 aliphatic heterocycles. The predicted octanol–water partition coefficient (Wildman–Crippen LogP) is 3.74. The fraction of sp³-hybridized carbons (Fsp3) is 0.118. The molecule has 0 radical (unpaired) electrons. The largest absolute Gasteiger partial charge is 0.489 e. The van der Waals surface area contributed by atoms with Crippen LogP contribution in [0.5, 0.6) is 5.75 Å². The fourth-order valence-electron chi connectivity index (χ4n) is 1.77. The molecule has 0 saturated heterocycles. The molecule has 3 nitrogen and oxygen atoms in total. The Morgan fingerprint density at radius 2 is 1.95 bits per heavy atom. The van der Waals surface area contributed by atoms with Crippen LogP contribution in [0.3, 0.4) is 0 Å². The number of nitrogens with one attached hydrogen (secondary N) is 2. The van der Waals surface area contributed by atoms with Crippen molar-refractivity contribution in [1.29, 1.82) is 0 Å². The molecule has 2 N–H and O–H groups in total. The molecular weight excluding hydrogens is 280 g/mol. The zero-order chi connectivity index (χ0) is 14.9. The molecule has 2 aromatic carbocycles. The summed E-state index contributed by atoms with van der Waals surface area (Å²) in [4.78, 5) is 0. The Morgan fingerprint density at radius 1 is 1.14 bits per heavy atom. The van der Waals surface area contributed by atoms with Crippen LogP contribution >= 0.6 is 12.2 Å². The first-order chi connectivity index (χ1) is 10.3. The van der Waals surface area contributed by atoms with Gasteiger partial charge < -0.3 is 15.4 Å². The molecule has 108 valence electrons. The molecule has 0 bridgehead atoms. The van der Waals surface area contributed by atoms with Gasteiger partial charge in [-0.15, -0.1) is 0 Å². The molecule has 0 amide bonds. The Bertz CT molecular complexity index is 599. The molecule has 0 fully saturated rings. The van der Waals surface area contributed by atoms with Gasteiger partial charge in [0.1, 0.15) is 12.4 Å². The molecule has 0 heterocycles. The lowest BCUT2D eigenvalue weighted by Gasteiger charge is -2.11. The van der Waals surface area contributed by atoms with E-state index < -0.39 is 0 Å². The Kier molecular flexibility index (Phi) is 5.79. The summed E-state index contributed by atoms with van der Waals surface area (Å²) < 4.78 is 5.48. The van der Waals surface area contributed by atoms with Gasteiger partial charge in [-0.05, 0) is 29.9 Å². The van der Waals surface area contributed by atoms with Crippen LogP contribution in [0.1, 0.15) is 5.56 Å².